The van der Waals surface area contributed by atoms with E-state index in [1.54, 1.807) is 29.8 Å². The molecule has 1 rings (SSSR count). The minimum Gasteiger partial charge on any atom is -0.289 e. The number of aliphatic imine (C=N–C) groups is 1. The topological polar surface area (TPSA) is 53.2 Å². The van der Waals surface area contributed by atoms with E-state index in [1.165, 1.54) is 29.6 Å². The number of benzene rings is 1. The van der Waals surface area contributed by atoms with Gasteiger partial charge in [-0.2, -0.15) is 10.3 Å². The monoisotopic (exact) mass is 366 g/mol. The molecule has 102 valence electrons. The summed E-state index contributed by atoms with van der Waals surface area (Å²) in [7, 11) is 0. The van der Waals surface area contributed by atoms with E-state index in [9.17, 15) is 4.79 Å². The fourth-order valence-electron chi connectivity index (χ4n) is 1.13. The van der Waals surface area contributed by atoms with Crippen molar-refractivity contribution in [1.82, 2.24) is 0 Å². The number of hydrogen-bond donors (Lipinski definition) is 0. The van der Waals surface area contributed by atoms with Crippen LogP contribution in [0.5, 0.6) is 0 Å². The third kappa shape index (κ3) is 6.24. The Hall–Kier alpha value is -1.29. The molecule has 3 nitrogen and oxygen atoms in total. The molecule has 0 aliphatic rings. The number of ketones is 1. The standard InChI is InChI=1S/C14H11BrN2OS2/c1-2-8-19-14(17-10-16)20-9-7-13(18)11-3-5-12(15)6-4-11/h2-7,9H,1,8H2. The van der Waals surface area contributed by atoms with Crippen molar-refractivity contribution >= 4 is 49.6 Å². The van der Waals surface area contributed by atoms with E-state index < -0.39 is 0 Å². The maximum absolute atomic E-state index is 11.9. The Kier molecular flexibility index (Phi) is 8.04. The number of thioether (sulfide) groups is 2. The van der Waals surface area contributed by atoms with Gasteiger partial charge in [0.15, 0.2) is 5.78 Å². The van der Waals surface area contributed by atoms with Crippen LogP contribution in [0, 0.1) is 11.5 Å². The summed E-state index contributed by atoms with van der Waals surface area (Å²) in [6, 6.07) is 7.13. The van der Waals surface area contributed by atoms with Crippen LogP contribution in [0.1, 0.15) is 10.4 Å². The van der Waals surface area contributed by atoms with Crippen LogP contribution < -0.4 is 0 Å². The lowest BCUT2D eigenvalue weighted by Crippen LogP contribution is -1.93. The van der Waals surface area contributed by atoms with E-state index >= 15 is 0 Å². The Labute approximate surface area is 135 Å². The summed E-state index contributed by atoms with van der Waals surface area (Å²) in [5, 5.41) is 10.2. The number of hydrogen-bond acceptors (Lipinski definition) is 5. The Morgan fingerprint density at radius 1 is 1.45 bits per heavy atom. The molecule has 0 atom stereocenters. The van der Waals surface area contributed by atoms with Crippen molar-refractivity contribution in [1.29, 1.82) is 5.26 Å². The van der Waals surface area contributed by atoms with Gasteiger partial charge in [-0.25, -0.2) is 0 Å². The highest BCUT2D eigenvalue weighted by molar-refractivity contribution is 9.10. The molecule has 1 aromatic carbocycles. The lowest BCUT2D eigenvalue weighted by atomic mass is 10.1. The first kappa shape index (κ1) is 16.8. The molecule has 0 aliphatic heterocycles. The molecule has 0 saturated heterocycles. The predicted octanol–water partition coefficient (Wildman–Crippen LogP) is 4.63. The van der Waals surface area contributed by atoms with Gasteiger partial charge in [-0.3, -0.25) is 4.79 Å². The Morgan fingerprint density at radius 2 is 2.15 bits per heavy atom. The summed E-state index contributed by atoms with van der Waals surface area (Å²) in [5.41, 5.74) is 0.613. The van der Waals surface area contributed by atoms with Gasteiger partial charge in [-0.1, -0.05) is 45.5 Å². The van der Waals surface area contributed by atoms with Crippen LogP contribution in [-0.2, 0) is 0 Å². The normalized spacial score (nSPS) is 11.3. The van der Waals surface area contributed by atoms with Gasteiger partial charge < -0.3 is 0 Å². The summed E-state index contributed by atoms with van der Waals surface area (Å²) in [4.78, 5) is 15.5. The first-order chi connectivity index (χ1) is 9.67. The third-order valence-electron chi connectivity index (χ3n) is 1.98. The fraction of sp³-hybridized carbons (Fsp3) is 0.0714. The molecule has 0 bridgehead atoms. The SMILES string of the molecule is C=CCSC(=NC#N)SC=CC(=O)c1ccc(Br)cc1. The van der Waals surface area contributed by atoms with Crippen LogP contribution in [0.4, 0.5) is 0 Å². The average Bonchev–Trinajstić information content (AvgIpc) is 2.45. The van der Waals surface area contributed by atoms with Gasteiger partial charge in [0.05, 0.1) is 0 Å². The Morgan fingerprint density at radius 3 is 2.75 bits per heavy atom. The first-order valence-electron chi connectivity index (χ1n) is 5.51. The number of carbonyl (C=O) groups excluding carboxylic acids is 1. The van der Waals surface area contributed by atoms with Crippen molar-refractivity contribution in [2.75, 3.05) is 5.75 Å². The van der Waals surface area contributed by atoms with Crippen molar-refractivity contribution < 1.29 is 4.79 Å². The number of nitriles is 1. The summed E-state index contributed by atoms with van der Waals surface area (Å²) >= 11 is 5.96. The summed E-state index contributed by atoms with van der Waals surface area (Å²) < 4.78 is 1.52. The Bertz CT molecular complexity index is 574. The molecule has 0 radical (unpaired) electrons. The summed E-state index contributed by atoms with van der Waals surface area (Å²) in [5.74, 6) is 0.581. The zero-order valence-electron chi connectivity index (χ0n) is 10.5. The van der Waals surface area contributed by atoms with Gasteiger partial charge in [0.25, 0.3) is 0 Å². The van der Waals surface area contributed by atoms with E-state index in [1.807, 2.05) is 12.1 Å². The van der Waals surface area contributed by atoms with Crippen LogP contribution in [-0.4, -0.2) is 15.9 Å². The lowest BCUT2D eigenvalue weighted by molar-refractivity contribution is 0.104. The minimum absolute atomic E-state index is 0.0879. The highest BCUT2D eigenvalue weighted by Crippen LogP contribution is 2.19. The van der Waals surface area contributed by atoms with Gasteiger partial charge in [0.1, 0.15) is 4.38 Å². The number of nitrogens with zero attached hydrogens (tertiary/aromatic N) is 2. The van der Waals surface area contributed by atoms with E-state index in [2.05, 4.69) is 27.5 Å². The Balaban J connectivity index is 2.61. The van der Waals surface area contributed by atoms with Crippen molar-refractivity contribution in [2.45, 2.75) is 0 Å². The molecule has 0 N–H and O–H groups in total. The second kappa shape index (κ2) is 9.59. The molecule has 0 aromatic heterocycles. The quantitative estimate of drug-likeness (QED) is 0.190. The second-order valence-electron chi connectivity index (χ2n) is 3.37. The average molecular weight is 367 g/mol. The maximum Gasteiger partial charge on any atom is 0.207 e. The molecule has 0 spiro atoms. The van der Waals surface area contributed by atoms with E-state index in [4.69, 9.17) is 5.26 Å². The summed E-state index contributed by atoms with van der Waals surface area (Å²) in [6.07, 6.45) is 4.94. The predicted molar refractivity (Wildman–Crippen MR) is 90.9 cm³/mol. The van der Waals surface area contributed by atoms with Gasteiger partial charge in [0.2, 0.25) is 6.19 Å². The number of carbonyl (C=O) groups is 1. The van der Waals surface area contributed by atoms with Gasteiger partial charge >= 0.3 is 0 Å². The van der Waals surface area contributed by atoms with Gasteiger partial charge in [-0.15, -0.1) is 6.58 Å². The molecule has 6 heteroatoms. The zero-order valence-corrected chi connectivity index (χ0v) is 13.7. The van der Waals surface area contributed by atoms with Crippen LogP contribution in [0.3, 0.4) is 0 Å². The number of allylic oxidation sites excluding steroid dienone is 1. The van der Waals surface area contributed by atoms with Gasteiger partial charge in [-0.05, 0) is 35.7 Å². The van der Waals surface area contributed by atoms with Crippen molar-refractivity contribution in [2.24, 2.45) is 4.99 Å². The highest BCUT2D eigenvalue weighted by Gasteiger charge is 2.02. The van der Waals surface area contributed by atoms with Crippen molar-refractivity contribution in [3.8, 4) is 6.19 Å². The van der Waals surface area contributed by atoms with Crippen molar-refractivity contribution in [3.05, 3.63) is 58.4 Å². The van der Waals surface area contributed by atoms with Crippen molar-refractivity contribution in [3.63, 3.8) is 0 Å². The molecule has 0 amide bonds. The zero-order chi connectivity index (χ0) is 14.8. The molecule has 0 aliphatic carbocycles. The summed E-state index contributed by atoms with van der Waals surface area (Å²) in [6.45, 7) is 3.60. The molecule has 0 saturated carbocycles. The van der Waals surface area contributed by atoms with E-state index in [-0.39, 0.29) is 5.78 Å². The molecule has 0 unspecified atom stereocenters. The minimum atomic E-state index is -0.0879. The third-order valence-corrected chi connectivity index (χ3v) is 4.46. The first-order valence-corrected chi connectivity index (χ1v) is 8.16. The number of rotatable bonds is 5. The van der Waals surface area contributed by atoms with Gasteiger partial charge in [0, 0.05) is 15.8 Å². The molecular weight excluding hydrogens is 356 g/mol. The smallest absolute Gasteiger partial charge is 0.207 e. The maximum atomic E-state index is 11.9. The largest absolute Gasteiger partial charge is 0.289 e. The molecule has 20 heavy (non-hydrogen) atoms. The molecule has 0 fully saturated rings. The highest BCUT2D eigenvalue weighted by atomic mass is 79.9. The van der Waals surface area contributed by atoms with Crippen LogP contribution in [0.2, 0.25) is 0 Å². The van der Waals surface area contributed by atoms with Crippen LogP contribution in [0.15, 0.2) is 57.9 Å². The molecule has 0 heterocycles. The number of halogens is 1. The lowest BCUT2D eigenvalue weighted by Gasteiger charge is -1.98. The van der Waals surface area contributed by atoms with Crippen LogP contribution in [0.25, 0.3) is 0 Å². The second-order valence-corrected chi connectivity index (χ2v) is 6.45. The fourth-order valence-corrected chi connectivity index (χ4v) is 2.80. The van der Waals surface area contributed by atoms with E-state index in [0.29, 0.717) is 15.7 Å². The molecular formula is C14H11BrN2OS2. The van der Waals surface area contributed by atoms with Crippen LogP contribution >= 0.6 is 39.5 Å². The van der Waals surface area contributed by atoms with E-state index in [0.717, 1.165) is 4.47 Å². The molecule has 1 aromatic rings.